The summed E-state index contributed by atoms with van der Waals surface area (Å²) in [7, 11) is 0. The van der Waals surface area contributed by atoms with Crippen molar-refractivity contribution in [3.05, 3.63) is 39.7 Å². The maximum atomic E-state index is 10.8. The molecule has 0 bridgehead atoms. The van der Waals surface area contributed by atoms with Gasteiger partial charge in [-0.2, -0.15) is 5.10 Å². The monoisotopic (exact) mass is 285 g/mol. The summed E-state index contributed by atoms with van der Waals surface area (Å²) in [6.07, 6.45) is 2.29. The Labute approximate surface area is 99.0 Å². The summed E-state index contributed by atoms with van der Waals surface area (Å²) in [6.45, 7) is 0. The molecule has 76 valence electrons. The molecule has 6 heteroatoms. The number of aldehydes is 1. The molecule has 0 saturated carbocycles. The van der Waals surface area contributed by atoms with Crippen molar-refractivity contribution in [1.82, 2.24) is 14.8 Å². The lowest BCUT2D eigenvalue weighted by Crippen LogP contribution is -2.04. The molecule has 0 unspecified atom stereocenters. The number of carbonyl (C=O) groups excluding carboxylic acids is 1. The molecule has 0 aliphatic heterocycles. The molecule has 2 heterocycles. The Morgan fingerprint density at radius 2 is 2.33 bits per heavy atom. The van der Waals surface area contributed by atoms with Gasteiger partial charge in [0.15, 0.2) is 12.1 Å². The summed E-state index contributed by atoms with van der Waals surface area (Å²) < 4.78 is 1.95. The standard InChI is InChI=1S/C9H5BrClN3O/c10-8-4-6(5-15)14(13-8)9-7(11)2-1-3-12-9/h1-5H. The molecule has 0 aliphatic carbocycles. The third kappa shape index (κ3) is 1.93. The van der Waals surface area contributed by atoms with Crippen molar-refractivity contribution in [2.75, 3.05) is 0 Å². The van der Waals surface area contributed by atoms with E-state index in [0.717, 1.165) is 0 Å². The van der Waals surface area contributed by atoms with E-state index in [1.165, 1.54) is 4.68 Å². The van der Waals surface area contributed by atoms with Crippen LogP contribution in [0.5, 0.6) is 0 Å². The van der Waals surface area contributed by atoms with Crippen molar-refractivity contribution in [2.45, 2.75) is 0 Å². The van der Waals surface area contributed by atoms with Crippen LogP contribution in [0.25, 0.3) is 5.82 Å². The zero-order valence-corrected chi connectivity index (χ0v) is 9.73. The highest BCUT2D eigenvalue weighted by Gasteiger charge is 2.10. The van der Waals surface area contributed by atoms with E-state index in [0.29, 0.717) is 27.4 Å². The van der Waals surface area contributed by atoms with Crippen LogP contribution in [0, 0.1) is 0 Å². The van der Waals surface area contributed by atoms with Gasteiger partial charge in [0.25, 0.3) is 0 Å². The van der Waals surface area contributed by atoms with E-state index in [4.69, 9.17) is 11.6 Å². The van der Waals surface area contributed by atoms with Gasteiger partial charge in [0.1, 0.15) is 10.3 Å². The summed E-state index contributed by atoms with van der Waals surface area (Å²) in [6, 6.07) is 5.00. The molecule has 0 amide bonds. The van der Waals surface area contributed by atoms with Crippen molar-refractivity contribution in [1.29, 1.82) is 0 Å². The predicted octanol–water partition coefficient (Wildman–Crippen LogP) is 2.50. The quantitative estimate of drug-likeness (QED) is 0.797. The van der Waals surface area contributed by atoms with Crippen LogP contribution in [0.2, 0.25) is 5.02 Å². The van der Waals surface area contributed by atoms with E-state index < -0.39 is 0 Å². The molecule has 2 aromatic rings. The third-order valence-corrected chi connectivity index (χ3v) is 2.45. The highest BCUT2D eigenvalue weighted by molar-refractivity contribution is 9.10. The Morgan fingerprint density at radius 1 is 1.53 bits per heavy atom. The highest BCUT2D eigenvalue weighted by atomic mass is 79.9. The average Bonchev–Trinajstić information content (AvgIpc) is 2.60. The van der Waals surface area contributed by atoms with Crippen molar-refractivity contribution in [3.8, 4) is 5.82 Å². The van der Waals surface area contributed by atoms with Crippen LogP contribution in [-0.2, 0) is 0 Å². The van der Waals surface area contributed by atoms with Crippen molar-refractivity contribution in [3.63, 3.8) is 0 Å². The number of aromatic nitrogens is 3. The SMILES string of the molecule is O=Cc1cc(Br)nn1-c1ncccc1Cl. The van der Waals surface area contributed by atoms with E-state index in [2.05, 4.69) is 26.0 Å². The zero-order chi connectivity index (χ0) is 10.8. The largest absolute Gasteiger partial charge is 0.296 e. The summed E-state index contributed by atoms with van der Waals surface area (Å²) in [5.74, 6) is 0.437. The van der Waals surface area contributed by atoms with Crippen LogP contribution in [0.1, 0.15) is 10.5 Å². The van der Waals surface area contributed by atoms with Gasteiger partial charge in [-0.15, -0.1) is 0 Å². The Balaban J connectivity index is 2.63. The summed E-state index contributed by atoms with van der Waals surface area (Å²) >= 11 is 9.13. The van der Waals surface area contributed by atoms with Crippen LogP contribution in [0.15, 0.2) is 29.0 Å². The van der Waals surface area contributed by atoms with Gasteiger partial charge in [-0.1, -0.05) is 11.6 Å². The molecule has 0 radical (unpaired) electrons. The molecule has 0 N–H and O–H groups in total. The number of carbonyl (C=O) groups is 1. The zero-order valence-electron chi connectivity index (χ0n) is 7.39. The van der Waals surface area contributed by atoms with Gasteiger partial charge >= 0.3 is 0 Å². The van der Waals surface area contributed by atoms with Crippen LogP contribution in [-0.4, -0.2) is 21.1 Å². The van der Waals surface area contributed by atoms with Crippen LogP contribution < -0.4 is 0 Å². The van der Waals surface area contributed by atoms with Crippen LogP contribution >= 0.6 is 27.5 Å². The van der Waals surface area contributed by atoms with Gasteiger partial charge in [0.2, 0.25) is 0 Å². The maximum Gasteiger partial charge on any atom is 0.172 e. The molecule has 0 atom stereocenters. The molecule has 0 spiro atoms. The van der Waals surface area contributed by atoms with Crippen LogP contribution in [0.3, 0.4) is 0 Å². The summed E-state index contributed by atoms with van der Waals surface area (Å²) in [5, 5.41) is 4.51. The minimum atomic E-state index is 0.391. The second kappa shape index (κ2) is 4.12. The lowest BCUT2D eigenvalue weighted by atomic mass is 10.4. The summed E-state index contributed by atoms with van der Waals surface area (Å²) in [5.41, 5.74) is 0.391. The third-order valence-electron chi connectivity index (χ3n) is 1.77. The van der Waals surface area contributed by atoms with E-state index >= 15 is 0 Å². The highest BCUT2D eigenvalue weighted by Crippen LogP contribution is 2.19. The number of hydrogen-bond donors (Lipinski definition) is 0. The molecule has 0 aliphatic rings. The van der Waals surface area contributed by atoms with Crippen molar-refractivity contribution in [2.24, 2.45) is 0 Å². The Hall–Kier alpha value is -1.20. The van der Waals surface area contributed by atoms with E-state index in [1.54, 1.807) is 24.4 Å². The van der Waals surface area contributed by atoms with E-state index in [-0.39, 0.29) is 0 Å². The molecule has 0 aromatic carbocycles. The number of pyridine rings is 1. The first kappa shape index (κ1) is 10.3. The molecular formula is C9H5BrClN3O. The first-order valence-corrected chi connectivity index (χ1v) is 5.21. The lowest BCUT2D eigenvalue weighted by molar-refractivity contribution is 0.111. The fourth-order valence-electron chi connectivity index (χ4n) is 1.15. The fourth-order valence-corrected chi connectivity index (χ4v) is 1.75. The first-order chi connectivity index (χ1) is 7.22. The normalized spacial score (nSPS) is 10.3. The minimum absolute atomic E-state index is 0.391. The van der Waals surface area contributed by atoms with E-state index in [9.17, 15) is 4.79 Å². The topological polar surface area (TPSA) is 47.8 Å². The van der Waals surface area contributed by atoms with Crippen molar-refractivity contribution >= 4 is 33.8 Å². The predicted molar refractivity (Wildman–Crippen MR) is 59.5 cm³/mol. The Bertz CT molecular complexity index is 512. The number of halogens is 2. The maximum absolute atomic E-state index is 10.8. The Morgan fingerprint density at radius 3 is 3.00 bits per heavy atom. The number of hydrogen-bond acceptors (Lipinski definition) is 3. The van der Waals surface area contributed by atoms with Gasteiger partial charge in [0.05, 0.1) is 5.02 Å². The lowest BCUT2D eigenvalue weighted by Gasteiger charge is -2.03. The average molecular weight is 287 g/mol. The van der Waals surface area contributed by atoms with Gasteiger partial charge in [0, 0.05) is 12.3 Å². The number of nitrogens with zero attached hydrogens (tertiary/aromatic N) is 3. The van der Waals surface area contributed by atoms with Crippen LogP contribution in [0.4, 0.5) is 0 Å². The van der Waals surface area contributed by atoms with Gasteiger partial charge in [-0.25, -0.2) is 9.67 Å². The smallest absolute Gasteiger partial charge is 0.172 e. The Kier molecular flexibility index (Phi) is 2.83. The molecule has 15 heavy (non-hydrogen) atoms. The molecular weight excluding hydrogens is 281 g/mol. The molecule has 4 nitrogen and oxygen atoms in total. The van der Waals surface area contributed by atoms with Gasteiger partial charge in [-0.05, 0) is 28.1 Å². The first-order valence-electron chi connectivity index (χ1n) is 4.04. The summed E-state index contributed by atoms with van der Waals surface area (Å²) in [4.78, 5) is 14.8. The molecule has 2 rings (SSSR count). The minimum Gasteiger partial charge on any atom is -0.296 e. The fraction of sp³-hybridized carbons (Fsp3) is 0. The molecule has 0 fully saturated rings. The van der Waals surface area contributed by atoms with Gasteiger partial charge < -0.3 is 0 Å². The van der Waals surface area contributed by atoms with Gasteiger partial charge in [-0.3, -0.25) is 4.79 Å². The van der Waals surface area contributed by atoms with Crippen molar-refractivity contribution < 1.29 is 4.79 Å². The molecule has 0 saturated heterocycles. The second-order valence-electron chi connectivity index (χ2n) is 2.73. The number of rotatable bonds is 2. The second-order valence-corrected chi connectivity index (χ2v) is 3.95. The molecule has 2 aromatic heterocycles. The van der Waals surface area contributed by atoms with E-state index in [1.807, 2.05) is 0 Å².